The summed E-state index contributed by atoms with van der Waals surface area (Å²) in [5, 5.41) is 5.53. The SMILES string of the molecule is CCOC(=O)NC(CNC(=O)c1cc(S(=O)(=O)NCc2ccco2)ccc1C)CC(C)C. The van der Waals surface area contributed by atoms with E-state index in [2.05, 4.69) is 15.4 Å². The molecule has 176 valence electrons. The Hall–Kier alpha value is -2.85. The molecule has 1 aromatic heterocycles. The molecule has 9 nitrogen and oxygen atoms in total. The van der Waals surface area contributed by atoms with E-state index >= 15 is 0 Å². The molecule has 2 aromatic rings. The van der Waals surface area contributed by atoms with E-state index in [-0.39, 0.29) is 42.1 Å². The second-order valence-electron chi connectivity index (χ2n) is 7.78. The van der Waals surface area contributed by atoms with Gasteiger partial charge in [0.15, 0.2) is 0 Å². The topological polar surface area (TPSA) is 127 Å². The number of alkyl carbamates (subject to hydrolysis) is 1. The summed E-state index contributed by atoms with van der Waals surface area (Å²) in [7, 11) is -3.84. The molecule has 0 radical (unpaired) electrons. The van der Waals surface area contributed by atoms with Crippen LogP contribution in [-0.4, -0.2) is 39.6 Å². The minimum Gasteiger partial charge on any atom is -0.468 e. The Kier molecular flexibility index (Phi) is 9.27. The molecular formula is C22H31N3O6S. The number of hydrogen-bond acceptors (Lipinski definition) is 6. The van der Waals surface area contributed by atoms with Crippen LogP contribution in [0.15, 0.2) is 45.9 Å². The number of benzene rings is 1. The molecule has 1 aromatic carbocycles. The summed E-state index contributed by atoms with van der Waals surface area (Å²) in [5.41, 5.74) is 0.872. The summed E-state index contributed by atoms with van der Waals surface area (Å²) in [4.78, 5) is 24.6. The number of amides is 2. The zero-order valence-corrected chi connectivity index (χ0v) is 19.6. The first-order chi connectivity index (χ1) is 15.1. The summed E-state index contributed by atoms with van der Waals surface area (Å²) in [6.07, 6.45) is 1.56. The summed E-state index contributed by atoms with van der Waals surface area (Å²) < 4.78 is 37.8. The number of aryl methyl sites for hydroxylation is 1. The molecule has 2 amide bonds. The Bertz CT molecular complexity index is 1000. The van der Waals surface area contributed by atoms with Gasteiger partial charge in [-0.3, -0.25) is 4.79 Å². The number of ether oxygens (including phenoxy) is 1. The first kappa shape index (κ1) is 25.4. The molecule has 3 N–H and O–H groups in total. The summed E-state index contributed by atoms with van der Waals surface area (Å²) in [6.45, 7) is 7.90. The van der Waals surface area contributed by atoms with Crippen LogP contribution >= 0.6 is 0 Å². The van der Waals surface area contributed by atoms with E-state index in [9.17, 15) is 18.0 Å². The van der Waals surface area contributed by atoms with Crippen molar-refractivity contribution in [1.82, 2.24) is 15.4 Å². The standard InChI is InChI=1S/C22H31N3O6S/c1-5-30-22(27)25-17(11-15(2)3)13-23-21(26)20-12-19(9-8-16(20)4)32(28,29)24-14-18-7-6-10-31-18/h6-10,12,15,17,24H,5,11,13-14H2,1-4H3,(H,23,26)(H,25,27). The van der Waals surface area contributed by atoms with Gasteiger partial charge in [-0.2, -0.15) is 0 Å². The molecule has 32 heavy (non-hydrogen) atoms. The zero-order valence-electron chi connectivity index (χ0n) is 18.8. The number of carbonyl (C=O) groups is 2. The minimum absolute atomic E-state index is 0.00114. The first-order valence-electron chi connectivity index (χ1n) is 10.5. The van der Waals surface area contributed by atoms with Crippen molar-refractivity contribution in [3.8, 4) is 0 Å². The van der Waals surface area contributed by atoms with Gasteiger partial charge >= 0.3 is 6.09 Å². The lowest BCUT2D eigenvalue weighted by atomic mass is 10.0. The molecule has 0 saturated carbocycles. The Labute approximate surface area is 189 Å². The van der Waals surface area contributed by atoms with Gasteiger partial charge in [-0.25, -0.2) is 17.9 Å². The molecule has 0 spiro atoms. The van der Waals surface area contributed by atoms with Gasteiger partial charge in [0.25, 0.3) is 5.91 Å². The maximum atomic E-state index is 12.8. The van der Waals surface area contributed by atoms with Crippen molar-refractivity contribution in [1.29, 1.82) is 0 Å². The fraction of sp³-hybridized carbons (Fsp3) is 0.455. The number of sulfonamides is 1. The molecule has 0 aliphatic rings. The molecule has 0 fully saturated rings. The minimum atomic E-state index is -3.84. The quantitative estimate of drug-likeness (QED) is 0.468. The van der Waals surface area contributed by atoms with E-state index in [0.29, 0.717) is 17.7 Å². The van der Waals surface area contributed by atoms with Crippen LogP contribution in [-0.2, 0) is 21.3 Å². The average Bonchev–Trinajstić information content (AvgIpc) is 3.24. The highest BCUT2D eigenvalue weighted by Gasteiger charge is 2.20. The van der Waals surface area contributed by atoms with Gasteiger partial charge in [0.2, 0.25) is 10.0 Å². The van der Waals surface area contributed by atoms with Crippen molar-refractivity contribution in [2.45, 2.75) is 51.6 Å². The highest BCUT2D eigenvalue weighted by Crippen LogP contribution is 2.16. The molecule has 0 aliphatic carbocycles. The van der Waals surface area contributed by atoms with Crippen molar-refractivity contribution in [3.05, 3.63) is 53.5 Å². The van der Waals surface area contributed by atoms with Gasteiger partial charge in [-0.05, 0) is 56.0 Å². The van der Waals surface area contributed by atoms with Crippen molar-refractivity contribution >= 4 is 22.0 Å². The highest BCUT2D eigenvalue weighted by atomic mass is 32.2. The van der Waals surface area contributed by atoms with Crippen LogP contribution in [0.1, 0.15) is 48.9 Å². The van der Waals surface area contributed by atoms with Gasteiger partial charge in [0, 0.05) is 18.2 Å². The average molecular weight is 466 g/mol. The normalized spacial score (nSPS) is 12.4. The number of nitrogens with one attached hydrogen (secondary N) is 3. The predicted octanol–water partition coefficient (Wildman–Crippen LogP) is 2.96. The van der Waals surface area contributed by atoms with Crippen LogP contribution in [0.4, 0.5) is 4.79 Å². The molecule has 10 heteroatoms. The third-order valence-corrected chi connectivity index (χ3v) is 6.04. The third-order valence-electron chi connectivity index (χ3n) is 4.64. The molecule has 1 unspecified atom stereocenters. The van der Waals surface area contributed by atoms with Crippen molar-refractivity contribution in [2.24, 2.45) is 5.92 Å². The van der Waals surface area contributed by atoms with Crippen LogP contribution < -0.4 is 15.4 Å². The third kappa shape index (κ3) is 7.69. The van der Waals surface area contributed by atoms with E-state index < -0.39 is 22.0 Å². The lowest BCUT2D eigenvalue weighted by Crippen LogP contribution is -2.44. The number of carbonyl (C=O) groups excluding carboxylic acids is 2. The lowest BCUT2D eigenvalue weighted by molar-refractivity contribution is 0.0943. The number of rotatable bonds is 11. The van der Waals surface area contributed by atoms with Crippen molar-refractivity contribution in [2.75, 3.05) is 13.2 Å². The molecule has 0 aliphatic heterocycles. The molecule has 0 bridgehead atoms. The van der Waals surface area contributed by atoms with Gasteiger partial charge < -0.3 is 19.8 Å². The Morgan fingerprint density at radius 1 is 1.19 bits per heavy atom. The predicted molar refractivity (Wildman–Crippen MR) is 120 cm³/mol. The van der Waals surface area contributed by atoms with Gasteiger partial charge in [0.05, 0.1) is 24.3 Å². The Morgan fingerprint density at radius 2 is 1.94 bits per heavy atom. The fourth-order valence-electron chi connectivity index (χ4n) is 3.09. The summed E-state index contributed by atoms with van der Waals surface area (Å²) in [6, 6.07) is 7.38. The first-order valence-corrected chi connectivity index (χ1v) is 11.9. The van der Waals surface area contributed by atoms with Crippen molar-refractivity contribution in [3.63, 3.8) is 0 Å². The second kappa shape index (κ2) is 11.7. The van der Waals surface area contributed by atoms with Crippen LogP contribution in [0, 0.1) is 12.8 Å². The van der Waals surface area contributed by atoms with Crippen LogP contribution in [0.5, 0.6) is 0 Å². The largest absolute Gasteiger partial charge is 0.468 e. The Balaban J connectivity index is 2.09. The van der Waals surface area contributed by atoms with E-state index in [1.54, 1.807) is 32.0 Å². The second-order valence-corrected chi connectivity index (χ2v) is 9.55. The molecular weight excluding hydrogens is 434 g/mol. The number of furan rings is 1. The lowest BCUT2D eigenvalue weighted by Gasteiger charge is -2.21. The molecule has 1 heterocycles. The summed E-state index contributed by atoms with van der Waals surface area (Å²) in [5.74, 6) is 0.336. The maximum Gasteiger partial charge on any atom is 0.407 e. The molecule has 0 saturated heterocycles. The van der Waals surface area contributed by atoms with E-state index in [1.807, 2.05) is 13.8 Å². The van der Waals surface area contributed by atoms with Crippen LogP contribution in [0.25, 0.3) is 0 Å². The van der Waals surface area contributed by atoms with Crippen LogP contribution in [0.3, 0.4) is 0 Å². The zero-order chi connectivity index (χ0) is 23.7. The fourth-order valence-corrected chi connectivity index (χ4v) is 4.11. The molecule has 1 atom stereocenters. The van der Waals surface area contributed by atoms with Crippen LogP contribution in [0.2, 0.25) is 0 Å². The summed E-state index contributed by atoms with van der Waals surface area (Å²) >= 11 is 0. The van der Waals surface area contributed by atoms with Gasteiger partial charge in [-0.1, -0.05) is 19.9 Å². The Morgan fingerprint density at radius 3 is 2.56 bits per heavy atom. The maximum absolute atomic E-state index is 12.8. The highest BCUT2D eigenvalue weighted by molar-refractivity contribution is 7.89. The van der Waals surface area contributed by atoms with Crippen molar-refractivity contribution < 1.29 is 27.2 Å². The van der Waals surface area contributed by atoms with E-state index in [1.165, 1.54) is 18.4 Å². The van der Waals surface area contributed by atoms with Gasteiger partial charge in [-0.15, -0.1) is 0 Å². The van der Waals surface area contributed by atoms with E-state index in [4.69, 9.17) is 9.15 Å². The van der Waals surface area contributed by atoms with E-state index in [0.717, 1.165) is 0 Å². The van der Waals surface area contributed by atoms with Gasteiger partial charge in [0.1, 0.15) is 5.76 Å². The number of hydrogen-bond donors (Lipinski definition) is 3. The smallest absolute Gasteiger partial charge is 0.407 e. The monoisotopic (exact) mass is 465 g/mol. The molecule has 2 rings (SSSR count).